The Morgan fingerprint density at radius 1 is 1.06 bits per heavy atom. The molecule has 1 saturated carbocycles. The molecule has 1 aromatic carbocycles. The van der Waals surface area contributed by atoms with Gasteiger partial charge >= 0.3 is 0 Å². The van der Waals surface area contributed by atoms with E-state index in [1.807, 2.05) is 0 Å². The molecule has 2 rings (SSSR count). The van der Waals surface area contributed by atoms with E-state index in [1.165, 1.54) is 44.2 Å². The first-order valence-corrected chi connectivity index (χ1v) is 8.33. The molecule has 18 heavy (non-hydrogen) atoms. The van der Waals surface area contributed by atoms with Crippen LogP contribution >= 0.6 is 15.9 Å². The average Bonchev–Trinajstić information content (AvgIpc) is 2.41. The number of nitrogens with zero attached hydrogens (tertiary/aromatic N) is 1. The minimum atomic E-state index is 0.932. The predicted octanol–water partition coefficient (Wildman–Crippen LogP) is 4.46. The van der Waals surface area contributed by atoms with E-state index in [4.69, 9.17) is 0 Å². The van der Waals surface area contributed by atoms with Crippen molar-refractivity contribution in [2.45, 2.75) is 38.6 Å². The SMILES string of the molecule is BrCCN(Cc1ccccc1)CC1CCCCC1. The Morgan fingerprint density at radius 2 is 1.78 bits per heavy atom. The third-order valence-corrected chi connectivity index (χ3v) is 4.25. The van der Waals surface area contributed by atoms with Crippen LogP contribution in [0.5, 0.6) is 0 Å². The Bertz CT molecular complexity index is 319. The summed E-state index contributed by atoms with van der Waals surface area (Å²) in [5.74, 6) is 0.932. The molecule has 1 aromatic rings. The fourth-order valence-corrected chi connectivity index (χ4v) is 3.43. The van der Waals surface area contributed by atoms with E-state index in [9.17, 15) is 0 Å². The second-order valence-electron chi connectivity index (χ2n) is 5.41. The summed E-state index contributed by atoms with van der Waals surface area (Å²) >= 11 is 3.59. The number of rotatable bonds is 6. The van der Waals surface area contributed by atoms with Crippen LogP contribution in [-0.4, -0.2) is 23.3 Å². The normalized spacial score (nSPS) is 17.2. The monoisotopic (exact) mass is 309 g/mol. The molecule has 2 heteroatoms. The van der Waals surface area contributed by atoms with Crippen LogP contribution in [0.3, 0.4) is 0 Å². The fraction of sp³-hybridized carbons (Fsp3) is 0.625. The summed E-state index contributed by atoms with van der Waals surface area (Å²) in [6.45, 7) is 3.54. The summed E-state index contributed by atoms with van der Waals surface area (Å²) in [6.07, 6.45) is 7.21. The third-order valence-electron chi connectivity index (χ3n) is 3.89. The quantitative estimate of drug-likeness (QED) is 0.701. The zero-order chi connectivity index (χ0) is 12.6. The van der Waals surface area contributed by atoms with Gasteiger partial charge in [0.25, 0.3) is 0 Å². The molecule has 0 amide bonds. The van der Waals surface area contributed by atoms with Crippen LogP contribution in [0, 0.1) is 5.92 Å². The van der Waals surface area contributed by atoms with Gasteiger partial charge in [-0.25, -0.2) is 0 Å². The topological polar surface area (TPSA) is 3.24 Å². The highest BCUT2D eigenvalue weighted by Gasteiger charge is 2.17. The summed E-state index contributed by atoms with van der Waals surface area (Å²) < 4.78 is 0. The van der Waals surface area contributed by atoms with Crippen LogP contribution < -0.4 is 0 Å². The van der Waals surface area contributed by atoms with E-state index in [1.54, 1.807) is 0 Å². The standard InChI is InChI=1S/C16H24BrN/c17-11-12-18(13-15-7-3-1-4-8-15)14-16-9-5-2-6-10-16/h1,3-4,7-8,16H,2,5-6,9-14H2. The molecule has 0 bridgehead atoms. The predicted molar refractivity (Wildman–Crippen MR) is 82.1 cm³/mol. The minimum absolute atomic E-state index is 0.932. The lowest BCUT2D eigenvalue weighted by Crippen LogP contribution is -2.31. The summed E-state index contributed by atoms with van der Waals surface area (Å²) in [4.78, 5) is 2.61. The van der Waals surface area contributed by atoms with Crippen LogP contribution in [0.25, 0.3) is 0 Å². The van der Waals surface area contributed by atoms with Crippen molar-refractivity contribution < 1.29 is 0 Å². The lowest BCUT2D eigenvalue weighted by atomic mass is 9.89. The first kappa shape index (κ1) is 14.1. The van der Waals surface area contributed by atoms with Crippen molar-refractivity contribution in [3.8, 4) is 0 Å². The molecule has 0 aliphatic heterocycles. The first-order chi connectivity index (χ1) is 8.88. The van der Waals surface area contributed by atoms with Crippen molar-refractivity contribution in [2.75, 3.05) is 18.4 Å². The molecule has 1 nitrogen and oxygen atoms in total. The van der Waals surface area contributed by atoms with Gasteiger partial charge in [0.05, 0.1) is 0 Å². The smallest absolute Gasteiger partial charge is 0.0234 e. The van der Waals surface area contributed by atoms with Crippen molar-refractivity contribution in [1.29, 1.82) is 0 Å². The van der Waals surface area contributed by atoms with Crippen LogP contribution in [-0.2, 0) is 6.54 Å². The lowest BCUT2D eigenvalue weighted by Gasteiger charge is -2.29. The Labute approximate surface area is 120 Å². The van der Waals surface area contributed by atoms with Crippen LogP contribution in [0.2, 0.25) is 0 Å². The molecular formula is C16H24BrN. The lowest BCUT2D eigenvalue weighted by molar-refractivity contribution is 0.203. The first-order valence-electron chi connectivity index (χ1n) is 7.20. The van der Waals surface area contributed by atoms with Crippen molar-refractivity contribution in [3.05, 3.63) is 35.9 Å². The van der Waals surface area contributed by atoms with Gasteiger partial charge in [-0.2, -0.15) is 0 Å². The van der Waals surface area contributed by atoms with E-state index in [-0.39, 0.29) is 0 Å². The zero-order valence-corrected chi connectivity index (χ0v) is 12.7. The van der Waals surface area contributed by atoms with Gasteiger partial charge in [0.15, 0.2) is 0 Å². The third kappa shape index (κ3) is 4.74. The van der Waals surface area contributed by atoms with Crippen molar-refractivity contribution in [2.24, 2.45) is 5.92 Å². The van der Waals surface area contributed by atoms with Gasteiger partial charge in [0.2, 0.25) is 0 Å². The second-order valence-corrected chi connectivity index (χ2v) is 6.21. The molecule has 0 aromatic heterocycles. The molecule has 0 atom stereocenters. The van der Waals surface area contributed by atoms with E-state index >= 15 is 0 Å². The molecule has 0 unspecified atom stereocenters. The summed E-state index contributed by atoms with van der Waals surface area (Å²) in [7, 11) is 0. The molecule has 0 heterocycles. The highest BCUT2D eigenvalue weighted by molar-refractivity contribution is 9.09. The van der Waals surface area contributed by atoms with E-state index in [2.05, 4.69) is 51.2 Å². The van der Waals surface area contributed by atoms with Crippen LogP contribution in [0.4, 0.5) is 0 Å². The zero-order valence-electron chi connectivity index (χ0n) is 11.2. The Kier molecular flexibility index (Phi) is 6.22. The Balaban J connectivity index is 1.86. The van der Waals surface area contributed by atoms with E-state index in [0.29, 0.717) is 0 Å². The number of hydrogen-bond acceptors (Lipinski definition) is 1. The summed E-state index contributed by atoms with van der Waals surface area (Å²) in [6, 6.07) is 10.9. The molecule has 100 valence electrons. The Hall–Kier alpha value is -0.340. The van der Waals surface area contributed by atoms with Gasteiger partial charge in [-0.15, -0.1) is 0 Å². The maximum absolute atomic E-state index is 3.59. The number of alkyl halides is 1. The molecule has 0 radical (unpaired) electrons. The van der Waals surface area contributed by atoms with Crippen molar-refractivity contribution >= 4 is 15.9 Å². The van der Waals surface area contributed by atoms with Gasteiger partial charge in [0, 0.05) is 25.0 Å². The second kappa shape index (κ2) is 7.96. The van der Waals surface area contributed by atoms with Crippen molar-refractivity contribution in [1.82, 2.24) is 4.90 Å². The molecule has 0 spiro atoms. The highest BCUT2D eigenvalue weighted by Crippen LogP contribution is 2.24. The summed E-state index contributed by atoms with van der Waals surface area (Å²) in [5.41, 5.74) is 1.44. The fourth-order valence-electron chi connectivity index (χ4n) is 2.93. The average molecular weight is 310 g/mol. The minimum Gasteiger partial charge on any atom is -0.298 e. The van der Waals surface area contributed by atoms with Gasteiger partial charge in [-0.3, -0.25) is 4.90 Å². The van der Waals surface area contributed by atoms with E-state index in [0.717, 1.165) is 24.3 Å². The number of benzene rings is 1. The van der Waals surface area contributed by atoms with Crippen LogP contribution in [0.1, 0.15) is 37.7 Å². The van der Waals surface area contributed by atoms with Crippen LogP contribution in [0.15, 0.2) is 30.3 Å². The molecule has 1 fully saturated rings. The molecular weight excluding hydrogens is 286 g/mol. The molecule has 1 aliphatic rings. The Morgan fingerprint density at radius 3 is 2.44 bits per heavy atom. The van der Waals surface area contributed by atoms with Gasteiger partial charge in [-0.1, -0.05) is 65.5 Å². The largest absolute Gasteiger partial charge is 0.298 e. The van der Waals surface area contributed by atoms with Crippen molar-refractivity contribution in [3.63, 3.8) is 0 Å². The van der Waals surface area contributed by atoms with Gasteiger partial charge < -0.3 is 0 Å². The number of halogens is 1. The molecule has 1 aliphatic carbocycles. The van der Waals surface area contributed by atoms with Gasteiger partial charge in [0.1, 0.15) is 0 Å². The maximum atomic E-state index is 3.59. The molecule has 0 N–H and O–H groups in total. The number of hydrogen-bond donors (Lipinski definition) is 0. The highest BCUT2D eigenvalue weighted by atomic mass is 79.9. The maximum Gasteiger partial charge on any atom is 0.0234 e. The summed E-state index contributed by atoms with van der Waals surface area (Å²) in [5, 5.41) is 1.08. The van der Waals surface area contributed by atoms with E-state index < -0.39 is 0 Å². The molecule has 0 saturated heterocycles. The van der Waals surface area contributed by atoms with Gasteiger partial charge in [-0.05, 0) is 24.3 Å².